The van der Waals surface area contributed by atoms with Crippen molar-refractivity contribution < 1.29 is 4.79 Å². The van der Waals surface area contributed by atoms with Crippen molar-refractivity contribution in [3.8, 4) is 0 Å². The van der Waals surface area contributed by atoms with Crippen LogP contribution in [0.2, 0.25) is 0 Å². The monoisotopic (exact) mass is 476 g/mol. The number of rotatable bonds is 8. The molecule has 0 bridgehead atoms. The number of hydrogen-bond acceptors (Lipinski definition) is 6. The lowest BCUT2D eigenvalue weighted by Crippen LogP contribution is -2.50. The van der Waals surface area contributed by atoms with Crippen LogP contribution in [0.5, 0.6) is 0 Å². The molecule has 4 rings (SSSR count). The second kappa shape index (κ2) is 11.0. The highest BCUT2D eigenvalue weighted by Crippen LogP contribution is 2.30. The average Bonchev–Trinajstić information content (AvgIpc) is 3.38. The fourth-order valence-corrected chi connectivity index (χ4v) is 5.86. The maximum absolute atomic E-state index is 12.1. The third kappa shape index (κ3) is 6.07. The number of piperazine rings is 1. The molecule has 1 aliphatic carbocycles. The van der Waals surface area contributed by atoms with Gasteiger partial charge in [0.15, 0.2) is 4.77 Å². The summed E-state index contributed by atoms with van der Waals surface area (Å²) in [5, 5.41) is 10.1. The summed E-state index contributed by atoms with van der Waals surface area (Å²) in [7, 11) is 0. The molecule has 0 atom stereocenters. The molecule has 1 aliphatic heterocycles. The summed E-state index contributed by atoms with van der Waals surface area (Å²) in [5.74, 6) is 1.22. The minimum absolute atomic E-state index is 0.111. The standard InChI is InChI=1S/C23H36N6OS2/c1-18(2)24-22(30)16-26-10-12-27(13-11-26)17-28-23(31)29(19-7-4-3-5-8-19)21(25-28)15-20-9-6-14-32-20/h6,9,14,18-19H,3-5,7-8,10-13,15-17H2,1-2H3,(H,24,30). The fourth-order valence-electron chi connectivity index (χ4n) is 4.80. The minimum Gasteiger partial charge on any atom is -0.353 e. The molecule has 3 heterocycles. The van der Waals surface area contributed by atoms with Gasteiger partial charge in [-0.15, -0.1) is 11.3 Å². The van der Waals surface area contributed by atoms with Crippen LogP contribution in [0.4, 0.5) is 0 Å². The Morgan fingerprint density at radius 3 is 2.56 bits per heavy atom. The zero-order valence-electron chi connectivity index (χ0n) is 19.3. The molecule has 1 saturated carbocycles. The first-order valence-electron chi connectivity index (χ1n) is 11.9. The van der Waals surface area contributed by atoms with Crippen LogP contribution < -0.4 is 5.32 Å². The van der Waals surface area contributed by atoms with E-state index in [2.05, 4.69) is 37.2 Å². The highest BCUT2D eigenvalue weighted by molar-refractivity contribution is 7.71. The second-order valence-corrected chi connectivity index (χ2v) is 10.8. The first-order valence-corrected chi connectivity index (χ1v) is 13.2. The molecular formula is C23H36N6OS2. The summed E-state index contributed by atoms with van der Waals surface area (Å²) >= 11 is 7.74. The van der Waals surface area contributed by atoms with E-state index >= 15 is 0 Å². The van der Waals surface area contributed by atoms with Gasteiger partial charge in [0.2, 0.25) is 5.91 Å². The van der Waals surface area contributed by atoms with E-state index in [0.29, 0.717) is 12.6 Å². The maximum atomic E-state index is 12.1. The lowest BCUT2D eigenvalue weighted by Gasteiger charge is -2.34. The zero-order valence-corrected chi connectivity index (χ0v) is 21.0. The van der Waals surface area contributed by atoms with Gasteiger partial charge < -0.3 is 9.88 Å². The van der Waals surface area contributed by atoms with Crippen molar-refractivity contribution in [3.63, 3.8) is 0 Å². The van der Waals surface area contributed by atoms with Gasteiger partial charge in [-0.25, -0.2) is 4.68 Å². The maximum Gasteiger partial charge on any atom is 0.234 e. The first kappa shape index (κ1) is 23.6. The number of thiophene rings is 1. The van der Waals surface area contributed by atoms with Crippen LogP contribution in [0.25, 0.3) is 0 Å². The molecule has 9 heteroatoms. The van der Waals surface area contributed by atoms with E-state index < -0.39 is 0 Å². The van der Waals surface area contributed by atoms with E-state index in [-0.39, 0.29) is 11.9 Å². The van der Waals surface area contributed by atoms with Crippen LogP contribution in [0, 0.1) is 4.77 Å². The van der Waals surface area contributed by atoms with Crippen LogP contribution in [0.1, 0.15) is 62.7 Å². The Hall–Kier alpha value is -1.55. The van der Waals surface area contributed by atoms with E-state index in [1.165, 1.54) is 37.0 Å². The number of aromatic nitrogens is 3. The zero-order chi connectivity index (χ0) is 22.5. The number of nitrogens with zero attached hydrogens (tertiary/aromatic N) is 5. The third-order valence-electron chi connectivity index (χ3n) is 6.41. The van der Waals surface area contributed by atoms with Gasteiger partial charge in [-0.05, 0) is 50.4 Å². The van der Waals surface area contributed by atoms with Crippen LogP contribution in [0.3, 0.4) is 0 Å². The molecule has 32 heavy (non-hydrogen) atoms. The van der Waals surface area contributed by atoms with Crippen molar-refractivity contribution in [2.75, 3.05) is 32.7 Å². The van der Waals surface area contributed by atoms with E-state index in [4.69, 9.17) is 17.3 Å². The van der Waals surface area contributed by atoms with Crippen LogP contribution in [-0.4, -0.2) is 68.8 Å². The third-order valence-corrected chi connectivity index (χ3v) is 7.69. The molecule has 7 nitrogen and oxygen atoms in total. The minimum atomic E-state index is 0.111. The molecule has 0 unspecified atom stereocenters. The van der Waals surface area contributed by atoms with Crippen molar-refractivity contribution in [1.82, 2.24) is 29.5 Å². The Morgan fingerprint density at radius 1 is 1.19 bits per heavy atom. The van der Waals surface area contributed by atoms with E-state index in [9.17, 15) is 4.79 Å². The summed E-state index contributed by atoms with van der Waals surface area (Å²) in [5.41, 5.74) is 0. The smallest absolute Gasteiger partial charge is 0.234 e. The highest BCUT2D eigenvalue weighted by atomic mass is 32.1. The lowest BCUT2D eigenvalue weighted by molar-refractivity contribution is -0.123. The molecule has 2 fully saturated rings. The number of carbonyl (C=O) groups is 1. The summed E-state index contributed by atoms with van der Waals surface area (Å²) in [6.45, 7) is 8.83. The van der Waals surface area contributed by atoms with Crippen molar-refractivity contribution in [1.29, 1.82) is 0 Å². The molecule has 176 valence electrons. The molecule has 1 amide bonds. The molecule has 0 radical (unpaired) electrons. The van der Waals surface area contributed by atoms with Crippen LogP contribution >= 0.6 is 23.6 Å². The first-order chi connectivity index (χ1) is 15.5. The van der Waals surface area contributed by atoms with Gasteiger partial charge in [-0.2, -0.15) is 5.10 Å². The van der Waals surface area contributed by atoms with Gasteiger partial charge in [0.1, 0.15) is 5.82 Å². The molecule has 2 aromatic rings. The number of nitrogens with one attached hydrogen (secondary N) is 1. The van der Waals surface area contributed by atoms with Crippen molar-refractivity contribution >= 4 is 29.5 Å². The SMILES string of the molecule is CC(C)NC(=O)CN1CCN(Cn2nc(Cc3cccs3)n(C3CCCCC3)c2=S)CC1. The van der Waals surface area contributed by atoms with Gasteiger partial charge in [-0.1, -0.05) is 25.3 Å². The molecule has 0 aromatic carbocycles. The number of hydrogen-bond donors (Lipinski definition) is 1. The lowest BCUT2D eigenvalue weighted by atomic mass is 9.95. The van der Waals surface area contributed by atoms with Crippen molar-refractivity contribution in [2.45, 2.75) is 71.1 Å². The van der Waals surface area contributed by atoms with Gasteiger partial charge in [0, 0.05) is 49.6 Å². The quantitative estimate of drug-likeness (QED) is 0.589. The predicted octanol–water partition coefficient (Wildman–Crippen LogP) is 3.67. The Kier molecular flexibility index (Phi) is 8.15. The Bertz CT molecular complexity index is 921. The largest absolute Gasteiger partial charge is 0.353 e. The highest BCUT2D eigenvalue weighted by Gasteiger charge is 2.24. The molecular weight excluding hydrogens is 440 g/mol. The molecule has 0 spiro atoms. The van der Waals surface area contributed by atoms with Gasteiger partial charge in [0.25, 0.3) is 0 Å². The van der Waals surface area contributed by atoms with Gasteiger partial charge in [-0.3, -0.25) is 14.6 Å². The Balaban J connectivity index is 1.42. The van der Waals surface area contributed by atoms with Crippen molar-refractivity contribution in [3.05, 3.63) is 33.0 Å². The second-order valence-electron chi connectivity index (χ2n) is 9.37. The van der Waals surface area contributed by atoms with Gasteiger partial charge in [0.05, 0.1) is 13.2 Å². The summed E-state index contributed by atoms with van der Waals surface area (Å²) in [6.07, 6.45) is 7.15. The molecule has 1 N–H and O–H groups in total. The van der Waals surface area contributed by atoms with E-state index in [1.807, 2.05) is 18.5 Å². The Labute approximate surface area is 200 Å². The van der Waals surface area contributed by atoms with Gasteiger partial charge >= 0.3 is 0 Å². The summed E-state index contributed by atoms with van der Waals surface area (Å²) in [6, 6.07) is 4.97. The van der Waals surface area contributed by atoms with Crippen molar-refractivity contribution in [2.24, 2.45) is 0 Å². The predicted molar refractivity (Wildman–Crippen MR) is 132 cm³/mol. The number of carbonyl (C=O) groups excluding carboxylic acids is 1. The van der Waals surface area contributed by atoms with E-state index in [0.717, 1.165) is 49.9 Å². The molecule has 2 aromatic heterocycles. The molecule has 2 aliphatic rings. The number of amides is 1. The normalized spacial score (nSPS) is 19.0. The summed E-state index contributed by atoms with van der Waals surface area (Å²) in [4.78, 5) is 18.0. The fraction of sp³-hybridized carbons (Fsp3) is 0.696. The summed E-state index contributed by atoms with van der Waals surface area (Å²) < 4.78 is 5.26. The average molecular weight is 477 g/mol. The van der Waals surface area contributed by atoms with Crippen LogP contribution in [0.15, 0.2) is 17.5 Å². The topological polar surface area (TPSA) is 58.3 Å². The Morgan fingerprint density at radius 2 is 1.91 bits per heavy atom. The van der Waals surface area contributed by atoms with Crippen LogP contribution in [-0.2, 0) is 17.9 Å². The van der Waals surface area contributed by atoms with E-state index in [1.54, 1.807) is 11.3 Å². The molecule has 1 saturated heterocycles.